The van der Waals surface area contributed by atoms with Gasteiger partial charge in [0.25, 0.3) is 0 Å². The number of likely N-dealkylation sites (N-methyl/N-ethyl adjacent to an activating group) is 1. The monoisotopic (exact) mass is 336 g/mol. The van der Waals surface area contributed by atoms with Crippen molar-refractivity contribution < 1.29 is 19.4 Å². The first-order chi connectivity index (χ1) is 11.5. The van der Waals surface area contributed by atoms with Gasteiger partial charge in [0.05, 0.1) is 19.1 Å². The molecule has 2 aliphatic rings. The molecule has 2 aliphatic heterocycles. The summed E-state index contributed by atoms with van der Waals surface area (Å²) in [6.45, 7) is 3.46. The summed E-state index contributed by atoms with van der Waals surface area (Å²) in [5.74, 6) is -1.06. The Hall–Kier alpha value is -1.93. The van der Waals surface area contributed by atoms with Gasteiger partial charge in [-0.1, -0.05) is 0 Å². The molecule has 8 nitrogen and oxygen atoms in total. The lowest BCUT2D eigenvalue weighted by molar-refractivity contribution is -0.136. The summed E-state index contributed by atoms with van der Waals surface area (Å²) in [6, 6.07) is 0. The molecule has 8 heteroatoms. The molecular weight excluding hydrogens is 312 g/mol. The molecule has 24 heavy (non-hydrogen) atoms. The molecule has 0 aliphatic carbocycles. The van der Waals surface area contributed by atoms with Gasteiger partial charge in [0, 0.05) is 43.9 Å². The predicted octanol–water partition coefficient (Wildman–Crippen LogP) is 0.0641. The molecule has 0 aromatic carbocycles. The van der Waals surface area contributed by atoms with Gasteiger partial charge in [-0.2, -0.15) is 5.10 Å². The molecule has 0 bridgehead atoms. The van der Waals surface area contributed by atoms with E-state index in [0.29, 0.717) is 44.8 Å². The van der Waals surface area contributed by atoms with Gasteiger partial charge < -0.3 is 19.6 Å². The molecule has 3 heterocycles. The molecular formula is C16H24N4O4. The van der Waals surface area contributed by atoms with Gasteiger partial charge >= 0.3 is 5.97 Å². The van der Waals surface area contributed by atoms with Crippen molar-refractivity contribution in [2.45, 2.75) is 25.9 Å². The molecule has 0 saturated carbocycles. The number of rotatable bonds is 5. The number of amides is 1. The Morgan fingerprint density at radius 3 is 2.83 bits per heavy atom. The van der Waals surface area contributed by atoms with Crippen LogP contribution < -0.4 is 0 Å². The third kappa shape index (κ3) is 3.29. The van der Waals surface area contributed by atoms with Crippen LogP contribution in [-0.4, -0.2) is 77.0 Å². The first-order valence-corrected chi connectivity index (χ1v) is 8.30. The summed E-state index contributed by atoms with van der Waals surface area (Å²) in [6.07, 6.45) is 1.39. The second-order valence-electron chi connectivity index (χ2n) is 6.68. The second-order valence-corrected chi connectivity index (χ2v) is 6.68. The normalized spacial score (nSPS) is 20.5. The predicted molar refractivity (Wildman–Crippen MR) is 85.8 cm³/mol. The molecule has 1 aromatic rings. The highest BCUT2D eigenvalue weighted by molar-refractivity contribution is 5.88. The van der Waals surface area contributed by atoms with E-state index in [0.717, 1.165) is 18.7 Å². The molecule has 1 N–H and O–H groups in total. The molecule has 1 aromatic heterocycles. The fourth-order valence-electron chi connectivity index (χ4n) is 3.32. The highest BCUT2D eigenvalue weighted by Gasteiger charge is 2.33. The molecule has 0 unspecified atom stereocenters. The van der Waals surface area contributed by atoms with E-state index in [9.17, 15) is 14.7 Å². The first kappa shape index (κ1) is 16.9. The summed E-state index contributed by atoms with van der Waals surface area (Å²) in [5.41, 5.74) is 1.70. The van der Waals surface area contributed by atoms with Crippen molar-refractivity contribution in [3.8, 4) is 0 Å². The van der Waals surface area contributed by atoms with Crippen LogP contribution in [0.25, 0.3) is 0 Å². The largest absolute Gasteiger partial charge is 0.476 e. The number of nitrogens with zero attached hydrogens (tertiary/aromatic N) is 4. The lowest BCUT2D eigenvalue weighted by atomic mass is 10.0. The fourth-order valence-corrected chi connectivity index (χ4v) is 3.32. The van der Waals surface area contributed by atoms with Gasteiger partial charge in [0.15, 0.2) is 5.69 Å². The minimum absolute atomic E-state index is 0.0653. The van der Waals surface area contributed by atoms with Crippen LogP contribution in [0.1, 0.15) is 28.2 Å². The van der Waals surface area contributed by atoms with E-state index in [-0.39, 0.29) is 17.5 Å². The maximum Gasteiger partial charge on any atom is 0.356 e. The number of carboxylic acids is 1. The minimum Gasteiger partial charge on any atom is -0.476 e. The SMILES string of the molecule is CN(C)CCn1nc(C(=O)O)c2c1CCN(C(=O)[C@H]1CCOC1)C2. The van der Waals surface area contributed by atoms with E-state index in [2.05, 4.69) is 5.10 Å². The standard InChI is InChI=1S/C16H24N4O4/c1-18(2)6-7-20-13-3-5-19(15(21)11-4-8-24-10-11)9-12(13)14(17-20)16(22)23/h11H,3-10H2,1-2H3,(H,22,23)/t11-/m0/s1. The lowest BCUT2D eigenvalue weighted by Crippen LogP contribution is -2.40. The van der Waals surface area contributed by atoms with Crippen molar-refractivity contribution in [1.29, 1.82) is 0 Å². The topological polar surface area (TPSA) is 87.9 Å². The van der Waals surface area contributed by atoms with E-state index in [1.807, 2.05) is 19.0 Å². The van der Waals surface area contributed by atoms with Gasteiger partial charge in [-0.3, -0.25) is 9.48 Å². The maximum absolute atomic E-state index is 12.6. The number of carbonyl (C=O) groups is 2. The molecule has 1 amide bonds. The summed E-state index contributed by atoms with van der Waals surface area (Å²) >= 11 is 0. The smallest absolute Gasteiger partial charge is 0.356 e. The zero-order valence-corrected chi connectivity index (χ0v) is 14.2. The Labute approximate surface area is 141 Å². The van der Waals surface area contributed by atoms with Crippen LogP contribution in [0, 0.1) is 5.92 Å². The molecule has 1 fully saturated rings. The molecule has 1 atom stereocenters. The van der Waals surface area contributed by atoms with Crippen LogP contribution in [0.15, 0.2) is 0 Å². The average molecular weight is 336 g/mol. The van der Waals surface area contributed by atoms with Crippen molar-refractivity contribution in [3.05, 3.63) is 17.0 Å². The number of fused-ring (bicyclic) bond motifs is 1. The van der Waals surface area contributed by atoms with Gasteiger partial charge in [0.2, 0.25) is 5.91 Å². The average Bonchev–Trinajstić information content (AvgIpc) is 3.19. The van der Waals surface area contributed by atoms with Crippen LogP contribution >= 0.6 is 0 Å². The third-order valence-corrected chi connectivity index (χ3v) is 4.69. The number of aromatic nitrogens is 2. The number of hydrogen-bond acceptors (Lipinski definition) is 5. The summed E-state index contributed by atoms with van der Waals surface area (Å²) in [7, 11) is 3.94. The lowest BCUT2D eigenvalue weighted by Gasteiger charge is -2.29. The van der Waals surface area contributed by atoms with Crippen LogP contribution in [0.2, 0.25) is 0 Å². The Bertz CT molecular complexity index is 634. The Balaban J connectivity index is 1.81. The first-order valence-electron chi connectivity index (χ1n) is 8.30. The zero-order valence-electron chi connectivity index (χ0n) is 14.2. The Morgan fingerprint density at radius 2 is 2.21 bits per heavy atom. The fraction of sp³-hybridized carbons (Fsp3) is 0.688. The minimum atomic E-state index is -1.03. The maximum atomic E-state index is 12.6. The van der Waals surface area contributed by atoms with E-state index in [4.69, 9.17) is 4.74 Å². The van der Waals surface area contributed by atoms with Crippen molar-refractivity contribution in [2.24, 2.45) is 5.92 Å². The van der Waals surface area contributed by atoms with Crippen molar-refractivity contribution in [3.63, 3.8) is 0 Å². The number of aromatic carboxylic acids is 1. The third-order valence-electron chi connectivity index (χ3n) is 4.69. The van der Waals surface area contributed by atoms with E-state index >= 15 is 0 Å². The highest BCUT2D eigenvalue weighted by atomic mass is 16.5. The van der Waals surface area contributed by atoms with Gasteiger partial charge in [-0.15, -0.1) is 0 Å². The van der Waals surface area contributed by atoms with Crippen molar-refractivity contribution in [1.82, 2.24) is 19.6 Å². The number of ether oxygens (including phenoxy) is 1. The molecule has 0 radical (unpaired) electrons. The van der Waals surface area contributed by atoms with Gasteiger partial charge in [0.1, 0.15) is 0 Å². The van der Waals surface area contributed by atoms with Crippen molar-refractivity contribution in [2.75, 3.05) is 40.4 Å². The van der Waals surface area contributed by atoms with Crippen molar-refractivity contribution >= 4 is 11.9 Å². The Kier molecular flexibility index (Phi) is 4.86. The van der Waals surface area contributed by atoms with E-state index in [1.165, 1.54) is 0 Å². The van der Waals surface area contributed by atoms with E-state index in [1.54, 1.807) is 9.58 Å². The van der Waals surface area contributed by atoms with Gasteiger partial charge in [-0.05, 0) is 20.5 Å². The number of carboxylic acid groups (broad SMARTS) is 1. The quantitative estimate of drug-likeness (QED) is 0.818. The molecule has 1 saturated heterocycles. The van der Waals surface area contributed by atoms with Crippen LogP contribution in [-0.2, 0) is 29.0 Å². The van der Waals surface area contributed by atoms with Gasteiger partial charge in [-0.25, -0.2) is 4.79 Å². The Morgan fingerprint density at radius 1 is 1.42 bits per heavy atom. The number of hydrogen-bond donors (Lipinski definition) is 1. The second kappa shape index (κ2) is 6.90. The molecule has 0 spiro atoms. The highest BCUT2D eigenvalue weighted by Crippen LogP contribution is 2.25. The summed E-state index contributed by atoms with van der Waals surface area (Å²) in [4.78, 5) is 27.9. The van der Waals surface area contributed by atoms with Crippen LogP contribution in [0.4, 0.5) is 0 Å². The number of carbonyl (C=O) groups excluding carboxylic acids is 1. The zero-order chi connectivity index (χ0) is 17.3. The summed E-state index contributed by atoms with van der Waals surface area (Å²) < 4.78 is 7.09. The molecule has 3 rings (SSSR count). The van der Waals surface area contributed by atoms with Crippen LogP contribution in [0.3, 0.4) is 0 Å². The molecule has 132 valence electrons. The van der Waals surface area contributed by atoms with Crippen LogP contribution in [0.5, 0.6) is 0 Å². The summed E-state index contributed by atoms with van der Waals surface area (Å²) in [5, 5.41) is 13.7. The van der Waals surface area contributed by atoms with E-state index < -0.39 is 5.97 Å².